The summed E-state index contributed by atoms with van der Waals surface area (Å²) >= 11 is 0. The van der Waals surface area contributed by atoms with Gasteiger partial charge >= 0.3 is 17.9 Å². The maximum absolute atomic E-state index is 13.7. The largest absolute Gasteiger partial charge is 0.493 e. The molecule has 0 aromatic heterocycles. The van der Waals surface area contributed by atoms with Gasteiger partial charge in [-0.15, -0.1) is 0 Å². The predicted molar refractivity (Wildman–Crippen MR) is 188 cm³/mol. The summed E-state index contributed by atoms with van der Waals surface area (Å²) < 4.78 is 71.3. The van der Waals surface area contributed by atoms with Crippen molar-refractivity contribution >= 4 is 17.9 Å². The van der Waals surface area contributed by atoms with E-state index in [0.717, 1.165) is 0 Å². The highest BCUT2D eigenvalue weighted by molar-refractivity contribution is 5.95. The molecule has 0 bridgehead atoms. The Morgan fingerprint density at radius 1 is 0.415 bits per heavy atom. The molecule has 0 heterocycles. The Hall–Kier alpha value is -5.93. The summed E-state index contributed by atoms with van der Waals surface area (Å²) in [5.74, 6) is -0.397. The Balaban J connectivity index is 2.00. The van der Waals surface area contributed by atoms with Gasteiger partial charge in [-0.05, 0) is 30.7 Å². The van der Waals surface area contributed by atoms with Gasteiger partial charge in [-0.1, -0.05) is 6.92 Å². The van der Waals surface area contributed by atoms with Crippen LogP contribution >= 0.6 is 0 Å². The zero-order valence-corrected chi connectivity index (χ0v) is 31.7. The average Bonchev–Trinajstić information content (AvgIpc) is 3.20. The second-order valence-electron chi connectivity index (χ2n) is 11.1. The van der Waals surface area contributed by atoms with E-state index in [1.54, 1.807) is 6.92 Å². The van der Waals surface area contributed by atoms with Crippen LogP contribution in [0.4, 0.5) is 0 Å². The first-order valence-corrected chi connectivity index (χ1v) is 16.0. The maximum atomic E-state index is 13.7. The van der Waals surface area contributed by atoms with E-state index < -0.39 is 23.3 Å². The topological polar surface area (TPSA) is 171 Å². The van der Waals surface area contributed by atoms with E-state index >= 15 is 0 Å². The molecule has 0 fully saturated rings. The summed E-state index contributed by atoms with van der Waals surface area (Å²) in [4.78, 5) is 40.6. The van der Waals surface area contributed by atoms with Crippen LogP contribution in [0.2, 0.25) is 0 Å². The molecule has 0 aliphatic carbocycles. The average molecular weight is 747 g/mol. The highest BCUT2D eigenvalue weighted by Crippen LogP contribution is 2.47. The third-order valence-corrected chi connectivity index (χ3v) is 8.29. The molecule has 16 nitrogen and oxygen atoms in total. The van der Waals surface area contributed by atoms with Gasteiger partial charge in [0.05, 0.1) is 87.6 Å². The second kappa shape index (κ2) is 19.1. The van der Waals surface area contributed by atoms with Crippen molar-refractivity contribution in [2.45, 2.75) is 13.3 Å². The van der Waals surface area contributed by atoms with E-state index in [0.29, 0.717) is 0 Å². The Morgan fingerprint density at radius 2 is 0.736 bits per heavy atom. The third-order valence-electron chi connectivity index (χ3n) is 8.29. The van der Waals surface area contributed by atoms with Crippen LogP contribution in [0.15, 0.2) is 30.3 Å². The van der Waals surface area contributed by atoms with E-state index in [2.05, 4.69) is 0 Å². The van der Waals surface area contributed by atoms with Crippen molar-refractivity contribution in [3.63, 3.8) is 0 Å². The lowest BCUT2D eigenvalue weighted by Crippen LogP contribution is -2.39. The van der Waals surface area contributed by atoms with Crippen LogP contribution in [0.5, 0.6) is 57.5 Å². The summed E-state index contributed by atoms with van der Waals surface area (Å²) in [7, 11) is 14.0. The van der Waals surface area contributed by atoms with Crippen LogP contribution < -0.4 is 47.4 Å². The van der Waals surface area contributed by atoms with Gasteiger partial charge < -0.3 is 61.6 Å². The van der Waals surface area contributed by atoms with Crippen LogP contribution in [0.3, 0.4) is 0 Å². The Bertz CT molecular complexity index is 1620. The standard InChI is InChI=1S/C37H46O16/c1-12-37(18-51-34(38)21-13-24(41-2)30(47-8)25(14-21)42-3,19-52-35(39)22-15-26(43-4)31(48-9)27(16-22)44-5)20-53-36(40)23-17-28(45-6)32(49-10)33(50-11)29(23)46-7/h13-17H,12,18-20H2,1-11H3. The van der Waals surface area contributed by atoms with Gasteiger partial charge in [0.2, 0.25) is 23.0 Å². The summed E-state index contributed by atoms with van der Waals surface area (Å²) in [5, 5.41) is 0. The number of methoxy groups -OCH3 is 10. The number of hydrogen-bond donors (Lipinski definition) is 0. The van der Waals surface area contributed by atoms with Crippen LogP contribution in [-0.4, -0.2) is 109 Å². The van der Waals surface area contributed by atoms with Crippen LogP contribution in [-0.2, 0) is 14.2 Å². The molecule has 53 heavy (non-hydrogen) atoms. The van der Waals surface area contributed by atoms with E-state index in [1.165, 1.54) is 101 Å². The first-order valence-electron chi connectivity index (χ1n) is 16.0. The van der Waals surface area contributed by atoms with E-state index in [9.17, 15) is 14.4 Å². The number of rotatable bonds is 20. The van der Waals surface area contributed by atoms with Crippen molar-refractivity contribution in [1.82, 2.24) is 0 Å². The van der Waals surface area contributed by atoms with Gasteiger partial charge in [0, 0.05) is 6.07 Å². The minimum absolute atomic E-state index is 0.0277. The molecule has 0 atom stereocenters. The van der Waals surface area contributed by atoms with Crippen molar-refractivity contribution < 1.29 is 76.0 Å². The van der Waals surface area contributed by atoms with Gasteiger partial charge in [0.15, 0.2) is 34.5 Å². The fourth-order valence-electron chi connectivity index (χ4n) is 5.21. The third kappa shape index (κ3) is 9.12. The van der Waals surface area contributed by atoms with Crippen molar-refractivity contribution in [2.75, 3.05) is 90.9 Å². The number of esters is 3. The van der Waals surface area contributed by atoms with Crippen molar-refractivity contribution in [3.8, 4) is 57.5 Å². The van der Waals surface area contributed by atoms with Crippen LogP contribution in [0, 0.1) is 5.41 Å². The molecule has 0 N–H and O–H groups in total. The van der Waals surface area contributed by atoms with Gasteiger partial charge in [-0.2, -0.15) is 0 Å². The lowest BCUT2D eigenvalue weighted by Gasteiger charge is -2.31. The molecule has 16 heteroatoms. The van der Waals surface area contributed by atoms with E-state index in [1.807, 2.05) is 0 Å². The number of hydrogen-bond acceptors (Lipinski definition) is 16. The minimum Gasteiger partial charge on any atom is -0.493 e. The van der Waals surface area contributed by atoms with Gasteiger partial charge in [0.1, 0.15) is 25.4 Å². The summed E-state index contributed by atoms with van der Waals surface area (Å²) in [6, 6.07) is 7.10. The quantitative estimate of drug-likeness (QED) is 0.111. The van der Waals surface area contributed by atoms with E-state index in [-0.39, 0.29) is 100 Å². The zero-order chi connectivity index (χ0) is 39.3. The number of carbonyl (C=O) groups excluding carboxylic acids is 3. The number of carbonyl (C=O) groups is 3. The van der Waals surface area contributed by atoms with Gasteiger partial charge in [0.25, 0.3) is 0 Å². The Labute approximate surface area is 307 Å². The molecule has 0 aliphatic rings. The number of benzene rings is 3. The molecule has 0 unspecified atom stereocenters. The van der Waals surface area contributed by atoms with E-state index in [4.69, 9.17) is 61.6 Å². The number of ether oxygens (including phenoxy) is 13. The molecule has 3 rings (SSSR count). The molecule has 0 aliphatic heterocycles. The molecule has 3 aromatic carbocycles. The van der Waals surface area contributed by atoms with Gasteiger partial charge in [-0.25, -0.2) is 14.4 Å². The lowest BCUT2D eigenvalue weighted by atomic mass is 9.88. The smallest absolute Gasteiger partial charge is 0.342 e. The molecular weight excluding hydrogens is 700 g/mol. The summed E-state index contributed by atoms with van der Waals surface area (Å²) in [6.45, 7) is 0.657. The highest BCUT2D eigenvalue weighted by Gasteiger charge is 2.36. The molecular formula is C37H46O16. The molecule has 0 saturated heterocycles. The maximum Gasteiger partial charge on any atom is 0.342 e. The van der Waals surface area contributed by atoms with Gasteiger partial charge in [-0.3, -0.25) is 0 Å². The Morgan fingerprint density at radius 3 is 1.04 bits per heavy atom. The first kappa shape index (κ1) is 41.5. The second-order valence-corrected chi connectivity index (χ2v) is 11.1. The molecule has 3 aromatic rings. The van der Waals surface area contributed by atoms with Crippen LogP contribution in [0.25, 0.3) is 0 Å². The minimum atomic E-state index is -1.27. The van der Waals surface area contributed by atoms with Crippen molar-refractivity contribution in [1.29, 1.82) is 0 Å². The SMILES string of the molecule is CCC(COC(=O)c1cc(OC)c(OC)c(OC)c1)(COC(=O)c1cc(OC)c(OC)c(OC)c1)COC(=O)c1cc(OC)c(OC)c(OC)c1OC. The summed E-state index contributed by atoms with van der Waals surface area (Å²) in [6.07, 6.45) is 0.206. The molecule has 0 spiro atoms. The van der Waals surface area contributed by atoms with Crippen LogP contribution in [0.1, 0.15) is 44.4 Å². The molecule has 0 radical (unpaired) electrons. The predicted octanol–water partition coefficient (Wildman–Crippen LogP) is 5.04. The summed E-state index contributed by atoms with van der Waals surface area (Å²) in [5.41, 5.74) is -1.15. The van der Waals surface area contributed by atoms with Crippen molar-refractivity contribution in [2.24, 2.45) is 5.41 Å². The first-order chi connectivity index (χ1) is 25.5. The Kier molecular flexibility index (Phi) is 14.9. The van der Waals surface area contributed by atoms with Crippen molar-refractivity contribution in [3.05, 3.63) is 47.0 Å². The fourth-order valence-corrected chi connectivity index (χ4v) is 5.21. The lowest BCUT2D eigenvalue weighted by molar-refractivity contribution is -0.0382. The molecule has 290 valence electrons. The fraction of sp³-hybridized carbons (Fsp3) is 0.432. The normalized spacial score (nSPS) is 10.7. The zero-order valence-electron chi connectivity index (χ0n) is 31.7. The highest BCUT2D eigenvalue weighted by atomic mass is 16.6. The molecule has 0 saturated carbocycles. The molecule has 0 amide bonds. The monoisotopic (exact) mass is 746 g/mol.